The van der Waals surface area contributed by atoms with Crippen LogP contribution in [0.25, 0.3) is 0 Å². The fraction of sp³-hybridized carbons (Fsp3) is 0.364. The fourth-order valence-electron chi connectivity index (χ4n) is 1.52. The fourth-order valence-corrected chi connectivity index (χ4v) is 1.52. The number of hydrogen-bond acceptors (Lipinski definition) is 2. The Hall–Kier alpha value is -1.52. The average Bonchev–Trinajstić information content (AvgIpc) is 2.15. The first kappa shape index (κ1) is 12.5. The Balaban J connectivity index is 3.61. The van der Waals surface area contributed by atoms with Crippen LogP contribution in [-0.4, -0.2) is 12.9 Å². The summed E-state index contributed by atoms with van der Waals surface area (Å²) in [6.07, 6.45) is -4.60. The number of aryl methyl sites for hydroxylation is 1. The van der Waals surface area contributed by atoms with Crippen LogP contribution in [0.3, 0.4) is 0 Å². The molecule has 1 rings (SSSR count). The number of carbonyl (C=O) groups excluding carboxylic acids is 1. The van der Waals surface area contributed by atoms with Crippen molar-refractivity contribution in [1.82, 2.24) is 0 Å². The highest BCUT2D eigenvalue weighted by atomic mass is 19.4. The zero-order valence-corrected chi connectivity index (χ0v) is 9.11. The van der Waals surface area contributed by atoms with Gasteiger partial charge in [0.25, 0.3) is 0 Å². The molecule has 16 heavy (non-hydrogen) atoms. The van der Waals surface area contributed by atoms with Gasteiger partial charge in [0, 0.05) is 5.56 Å². The summed E-state index contributed by atoms with van der Waals surface area (Å²) in [5.41, 5.74) is -1.02. The Morgan fingerprint density at radius 1 is 1.31 bits per heavy atom. The van der Waals surface area contributed by atoms with Crippen LogP contribution in [0.5, 0.6) is 5.75 Å². The molecule has 5 heteroatoms. The molecule has 0 saturated carbocycles. The van der Waals surface area contributed by atoms with Crippen molar-refractivity contribution in [2.24, 2.45) is 0 Å². The third-order valence-electron chi connectivity index (χ3n) is 2.22. The molecule has 0 aromatic heterocycles. The van der Waals surface area contributed by atoms with Gasteiger partial charge in [-0.05, 0) is 19.4 Å². The molecule has 0 unspecified atom stereocenters. The molecule has 0 aliphatic rings. The summed E-state index contributed by atoms with van der Waals surface area (Å²) in [5.74, 6) is -0.925. The molecule has 0 atom stereocenters. The smallest absolute Gasteiger partial charge is 0.420 e. The number of rotatable bonds is 2. The summed E-state index contributed by atoms with van der Waals surface area (Å²) < 4.78 is 43.1. The molecule has 1 aromatic rings. The topological polar surface area (TPSA) is 26.3 Å². The number of ketones is 1. The second kappa shape index (κ2) is 4.15. The van der Waals surface area contributed by atoms with Crippen molar-refractivity contribution in [3.8, 4) is 5.75 Å². The molecule has 1 aromatic carbocycles. The lowest BCUT2D eigenvalue weighted by Crippen LogP contribution is -2.14. The predicted molar refractivity (Wildman–Crippen MR) is 52.7 cm³/mol. The minimum absolute atomic E-state index is 0.291. The van der Waals surface area contributed by atoms with Gasteiger partial charge >= 0.3 is 6.18 Å². The molecule has 0 heterocycles. The summed E-state index contributed by atoms with van der Waals surface area (Å²) in [6.45, 7) is 2.59. The van der Waals surface area contributed by atoms with E-state index in [1.807, 2.05) is 0 Å². The molecule has 2 nitrogen and oxygen atoms in total. The van der Waals surface area contributed by atoms with E-state index in [1.165, 1.54) is 19.1 Å². The summed E-state index contributed by atoms with van der Waals surface area (Å²) in [7, 11) is 1.15. The molecule has 0 spiro atoms. The number of carbonyl (C=O) groups is 1. The van der Waals surface area contributed by atoms with Gasteiger partial charge in [-0.1, -0.05) is 12.1 Å². The Labute approximate surface area is 91.0 Å². The van der Waals surface area contributed by atoms with Gasteiger partial charge in [-0.3, -0.25) is 4.79 Å². The monoisotopic (exact) mass is 232 g/mol. The number of methoxy groups -OCH3 is 1. The molecule has 0 aliphatic heterocycles. The van der Waals surface area contributed by atoms with Crippen LogP contribution in [0.2, 0.25) is 0 Å². The van der Waals surface area contributed by atoms with E-state index in [0.29, 0.717) is 5.56 Å². The van der Waals surface area contributed by atoms with Gasteiger partial charge in [-0.25, -0.2) is 0 Å². The quantitative estimate of drug-likeness (QED) is 0.732. The van der Waals surface area contributed by atoms with E-state index in [2.05, 4.69) is 0 Å². The summed E-state index contributed by atoms with van der Waals surface area (Å²) in [6, 6.07) is 2.60. The van der Waals surface area contributed by atoms with E-state index >= 15 is 0 Å². The molecule has 88 valence electrons. The van der Waals surface area contributed by atoms with Crippen molar-refractivity contribution < 1.29 is 22.7 Å². The number of Topliss-reactive ketones (excluding diaryl/α,β-unsaturated/α-hetero) is 1. The van der Waals surface area contributed by atoms with Crippen LogP contribution in [0, 0.1) is 6.92 Å². The van der Waals surface area contributed by atoms with Gasteiger partial charge in [0.05, 0.1) is 7.11 Å². The van der Waals surface area contributed by atoms with Crippen LogP contribution in [0.15, 0.2) is 12.1 Å². The van der Waals surface area contributed by atoms with Gasteiger partial charge < -0.3 is 4.74 Å². The van der Waals surface area contributed by atoms with Crippen molar-refractivity contribution in [2.75, 3.05) is 7.11 Å². The van der Waals surface area contributed by atoms with Crippen molar-refractivity contribution in [3.05, 3.63) is 28.8 Å². The van der Waals surface area contributed by atoms with E-state index in [1.54, 1.807) is 0 Å². The van der Waals surface area contributed by atoms with Crippen molar-refractivity contribution in [1.29, 1.82) is 0 Å². The van der Waals surface area contributed by atoms with E-state index < -0.39 is 17.5 Å². The van der Waals surface area contributed by atoms with Crippen molar-refractivity contribution in [2.45, 2.75) is 20.0 Å². The van der Waals surface area contributed by atoms with E-state index in [4.69, 9.17) is 4.74 Å². The summed E-state index contributed by atoms with van der Waals surface area (Å²) in [5, 5.41) is 0. The molecule has 0 bridgehead atoms. The van der Waals surface area contributed by atoms with Gasteiger partial charge in [0.2, 0.25) is 0 Å². The Morgan fingerprint density at radius 3 is 2.25 bits per heavy atom. The summed E-state index contributed by atoms with van der Waals surface area (Å²) >= 11 is 0. The van der Waals surface area contributed by atoms with Crippen LogP contribution >= 0.6 is 0 Å². The highest BCUT2D eigenvalue weighted by Crippen LogP contribution is 2.40. The van der Waals surface area contributed by atoms with Crippen molar-refractivity contribution >= 4 is 5.78 Å². The minimum atomic E-state index is -4.60. The predicted octanol–water partition coefficient (Wildman–Crippen LogP) is 3.23. The molecular weight excluding hydrogens is 221 g/mol. The molecule has 0 radical (unpaired) electrons. The second-order valence-corrected chi connectivity index (χ2v) is 3.39. The van der Waals surface area contributed by atoms with Crippen molar-refractivity contribution in [3.63, 3.8) is 0 Å². The van der Waals surface area contributed by atoms with Gasteiger partial charge in [0.15, 0.2) is 5.78 Å². The van der Waals surface area contributed by atoms with Crippen LogP contribution in [0.4, 0.5) is 13.2 Å². The first-order valence-electron chi connectivity index (χ1n) is 4.54. The first-order chi connectivity index (χ1) is 7.29. The Kier molecular flexibility index (Phi) is 3.26. The minimum Gasteiger partial charge on any atom is -0.496 e. The normalized spacial score (nSPS) is 11.4. The SMILES string of the molecule is COc1c(C)ccc(C(C)=O)c1C(F)(F)F. The number of ether oxygens (including phenoxy) is 1. The maximum Gasteiger partial charge on any atom is 0.420 e. The van der Waals surface area contributed by atoms with Crippen LogP contribution < -0.4 is 4.74 Å². The van der Waals surface area contributed by atoms with Crippen LogP contribution in [0.1, 0.15) is 28.4 Å². The molecule has 0 amide bonds. The van der Waals surface area contributed by atoms with Gasteiger partial charge in [-0.15, -0.1) is 0 Å². The lowest BCUT2D eigenvalue weighted by atomic mass is 9.99. The van der Waals surface area contributed by atoms with E-state index in [9.17, 15) is 18.0 Å². The van der Waals surface area contributed by atoms with Gasteiger partial charge in [0.1, 0.15) is 11.3 Å². The number of benzene rings is 1. The highest BCUT2D eigenvalue weighted by molar-refractivity contribution is 5.96. The molecule has 0 saturated heterocycles. The maximum atomic E-state index is 12.8. The van der Waals surface area contributed by atoms with E-state index in [0.717, 1.165) is 14.0 Å². The standard InChI is InChI=1S/C11H11F3O2/c1-6-4-5-8(7(2)15)9(10(6)16-3)11(12,13)14/h4-5H,1-3H3. The second-order valence-electron chi connectivity index (χ2n) is 3.39. The number of hydrogen-bond donors (Lipinski definition) is 0. The average molecular weight is 232 g/mol. The van der Waals surface area contributed by atoms with Crippen LogP contribution in [-0.2, 0) is 6.18 Å². The molecule has 0 fully saturated rings. The Morgan fingerprint density at radius 2 is 1.88 bits per heavy atom. The number of halogens is 3. The maximum absolute atomic E-state index is 12.8. The molecular formula is C11H11F3O2. The van der Waals surface area contributed by atoms with Gasteiger partial charge in [-0.2, -0.15) is 13.2 Å². The largest absolute Gasteiger partial charge is 0.496 e. The highest BCUT2D eigenvalue weighted by Gasteiger charge is 2.38. The third kappa shape index (κ3) is 2.18. The third-order valence-corrected chi connectivity index (χ3v) is 2.22. The first-order valence-corrected chi connectivity index (χ1v) is 4.54. The lowest BCUT2D eigenvalue weighted by Gasteiger charge is -2.16. The number of alkyl halides is 3. The Bertz CT molecular complexity index is 422. The zero-order valence-electron chi connectivity index (χ0n) is 9.11. The zero-order chi connectivity index (χ0) is 12.5. The lowest BCUT2D eigenvalue weighted by molar-refractivity contribution is -0.139. The van der Waals surface area contributed by atoms with E-state index in [-0.39, 0.29) is 11.3 Å². The molecule has 0 N–H and O–H groups in total. The summed E-state index contributed by atoms with van der Waals surface area (Å²) in [4.78, 5) is 11.1. The molecule has 0 aliphatic carbocycles.